The number of benzene rings is 3. The van der Waals surface area contributed by atoms with Gasteiger partial charge in [-0.25, -0.2) is 8.78 Å². The van der Waals surface area contributed by atoms with Crippen LogP contribution in [0, 0.1) is 29.3 Å². The van der Waals surface area contributed by atoms with E-state index in [1.165, 1.54) is 31.4 Å². The van der Waals surface area contributed by atoms with Gasteiger partial charge >= 0.3 is 0 Å². The molecule has 4 heteroatoms. The summed E-state index contributed by atoms with van der Waals surface area (Å²) in [5, 5.41) is 1.57. The lowest BCUT2D eigenvalue weighted by Crippen LogP contribution is -1.95. The van der Waals surface area contributed by atoms with E-state index in [1.54, 1.807) is 24.3 Å². The summed E-state index contributed by atoms with van der Waals surface area (Å²) in [7, 11) is 1.26. The molecule has 0 unspecified atom stereocenters. The van der Waals surface area contributed by atoms with E-state index in [1.807, 2.05) is 0 Å². The molecule has 3 rings (SSSR count). The Hall–Kier alpha value is -2.93. The van der Waals surface area contributed by atoms with Gasteiger partial charge in [0.2, 0.25) is 5.82 Å². The molecule has 23 heavy (non-hydrogen) atoms. The van der Waals surface area contributed by atoms with Crippen molar-refractivity contribution in [3.8, 4) is 17.6 Å². The van der Waals surface area contributed by atoms with E-state index >= 15 is 0 Å². The first-order chi connectivity index (χ1) is 11.1. The molecule has 0 saturated heterocycles. The molecule has 0 aliphatic carbocycles. The van der Waals surface area contributed by atoms with E-state index in [9.17, 15) is 13.2 Å². The van der Waals surface area contributed by atoms with Crippen molar-refractivity contribution in [3.63, 3.8) is 0 Å². The molecule has 0 fully saturated rings. The molecule has 0 amide bonds. The molecule has 114 valence electrons. The molecule has 3 aromatic carbocycles. The van der Waals surface area contributed by atoms with Crippen LogP contribution in [0.5, 0.6) is 5.75 Å². The Morgan fingerprint density at radius 1 is 0.783 bits per heavy atom. The molecule has 0 bridgehead atoms. The molecule has 0 radical (unpaired) electrons. The Kier molecular flexibility index (Phi) is 3.94. The lowest BCUT2D eigenvalue weighted by molar-refractivity contribution is 0.371. The third-order valence-corrected chi connectivity index (χ3v) is 3.41. The maximum absolute atomic E-state index is 13.9. The zero-order valence-corrected chi connectivity index (χ0v) is 12.2. The minimum absolute atomic E-state index is 0.0532. The van der Waals surface area contributed by atoms with E-state index in [0.717, 1.165) is 10.8 Å². The van der Waals surface area contributed by atoms with Crippen LogP contribution in [0.2, 0.25) is 0 Å². The maximum Gasteiger partial charge on any atom is 0.201 e. The molecular weight excluding hydrogens is 301 g/mol. The summed E-state index contributed by atoms with van der Waals surface area (Å²) in [6.45, 7) is 0. The Morgan fingerprint density at radius 2 is 1.52 bits per heavy atom. The van der Waals surface area contributed by atoms with Crippen LogP contribution in [0.4, 0.5) is 13.2 Å². The number of rotatable bonds is 1. The van der Waals surface area contributed by atoms with Gasteiger partial charge in [0, 0.05) is 5.56 Å². The van der Waals surface area contributed by atoms with Crippen molar-refractivity contribution in [1.29, 1.82) is 0 Å². The Labute approximate surface area is 131 Å². The predicted molar refractivity (Wildman–Crippen MR) is 82.8 cm³/mol. The van der Waals surface area contributed by atoms with Gasteiger partial charge in [-0.3, -0.25) is 0 Å². The molecule has 0 heterocycles. The fraction of sp³-hybridized carbons (Fsp3) is 0.0526. The predicted octanol–water partition coefficient (Wildman–Crippen LogP) is 4.67. The fourth-order valence-corrected chi connectivity index (χ4v) is 2.22. The molecule has 0 aromatic heterocycles. The van der Waals surface area contributed by atoms with Crippen LogP contribution >= 0.6 is 0 Å². The van der Waals surface area contributed by atoms with E-state index in [-0.39, 0.29) is 17.1 Å². The van der Waals surface area contributed by atoms with Crippen molar-refractivity contribution in [2.24, 2.45) is 0 Å². The van der Waals surface area contributed by atoms with E-state index in [2.05, 4.69) is 11.8 Å². The lowest BCUT2D eigenvalue weighted by atomic mass is 10.1. The van der Waals surface area contributed by atoms with E-state index in [0.29, 0.717) is 5.56 Å². The largest absolute Gasteiger partial charge is 0.494 e. The van der Waals surface area contributed by atoms with Crippen LogP contribution in [0.15, 0.2) is 48.5 Å². The van der Waals surface area contributed by atoms with Gasteiger partial charge in [-0.05, 0) is 47.2 Å². The first-order valence-electron chi connectivity index (χ1n) is 6.82. The third-order valence-electron chi connectivity index (χ3n) is 3.41. The first kappa shape index (κ1) is 15.0. The SMILES string of the molecule is COc1ccc(C#Cc2ccc3cc(F)ccc3c2)c(F)c1F. The average molecular weight is 312 g/mol. The summed E-state index contributed by atoms with van der Waals surface area (Å²) in [5.74, 6) is 2.80. The number of methoxy groups -OCH3 is 1. The number of ether oxygens (including phenoxy) is 1. The van der Waals surface area contributed by atoms with Gasteiger partial charge in [-0.1, -0.05) is 24.0 Å². The number of hydrogen-bond acceptors (Lipinski definition) is 1. The topological polar surface area (TPSA) is 9.23 Å². The van der Waals surface area contributed by atoms with Gasteiger partial charge in [-0.15, -0.1) is 0 Å². The molecule has 1 nitrogen and oxygen atoms in total. The summed E-state index contributed by atoms with van der Waals surface area (Å²) in [4.78, 5) is 0. The minimum atomic E-state index is -1.06. The summed E-state index contributed by atoms with van der Waals surface area (Å²) in [6.07, 6.45) is 0. The second-order valence-corrected chi connectivity index (χ2v) is 4.90. The third kappa shape index (κ3) is 3.00. The number of halogens is 3. The van der Waals surface area contributed by atoms with Crippen molar-refractivity contribution in [3.05, 3.63) is 77.1 Å². The van der Waals surface area contributed by atoms with Gasteiger partial charge in [0.25, 0.3) is 0 Å². The summed E-state index contributed by atoms with van der Waals surface area (Å²) < 4.78 is 45.3. The zero-order chi connectivity index (χ0) is 16.4. The van der Waals surface area contributed by atoms with Crippen LogP contribution < -0.4 is 4.74 Å². The second-order valence-electron chi connectivity index (χ2n) is 4.90. The van der Waals surface area contributed by atoms with Crippen LogP contribution in [0.1, 0.15) is 11.1 Å². The smallest absolute Gasteiger partial charge is 0.201 e. The van der Waals surface area contributed by atoms with Gasteiger partial charge in [0.1, 0.15) is 5.82 Å². The minimum Gasteiger partial charge on any atom is -0.494 e. The van der Waals surface area contributed by atoms with Crippen molar-refractivity contribution in [2.45, 2.75) is 0 Å². The monoisotopic (exact) mass is 312 g/mol. The van der Waals surface area contributed by atoms with E-state index in [4.69, 9.17) is 4.74 Å². The number of hydrogen-bond donors (Lipinski definition) is 0. The highest BCUT2D eigenvalue weighted by atomic mass is 19.2. The molecule has 0 aliphatic heterocycles. The highest BCUT2D eigenvalue weighted by molar-refractivity contribution is 5.83. The first-order valence-corrected chi connectivity index (χ1v) is 6.82. The molecule has 0 saturated carbocycles. The molecule has 0 N–H and O–H groups in total. The summed E-state index contributed by atoms with van der Waals surface area (Å²) in [6, 6.07) is 12.3. The van der Waals surface area contributed by atoms with Crippen LogP contribution in [-0.4, -0.2) is 7.11 Å². The fourth-order valence-electron chi connectivity index (χ4n) is 2.22. The second kappa shape index (κ2) is 6.05. The normalized spacial score (nSPS) is 10.3. The summed E-state index contributed by atoms with van der Waals surface area (Å²) >= 11 is 0. The van der Waals surface area contributed by atoms with Crippen molar-refractivity contribution in [1.82, 2.24) is 0 Å². The highest BCUT2D eigenvalue weighted by Gasteiger charge is 2.12. The van der Waals surface area contributed by atoms with Crippen molar-refractivity contribution >= 4 is 10.8 Å². The molecule has 0 spiro atoms. The highest BCUT2D eigenvalue weighted by Crippen LogP contribution is 2.22. The van der Waals surface area contributed by atoms with Crippen molar-refractivity contribution < 1.29 is 17.9 Å². The van der Waals surface area contributed by atoms with Crippen LogP contribution in [0.25, 0.3) is 10.8 Å². The lowest BCUT2D eigenvalue weighted by Gasteiger charge is -2.03. The Bertz CT molecular complexity index is 952. The quantitative estimate of drug-likeness (QED) is 0.594. The standard InChI is InChI=1S/C19H11F3O/c1-23-17-9-7-13(18(21)19(17)22)4-2-12-3-5-15-11-16(20)8-6-14(15)10-12/h3,5-11H,1H3. The Balaban J connectivity index is 1.99. The van der Waals surface area contributed by atoms with Crippen LogP contribution in [0.3, 0.4) is 0 Å². The number of fused-ring (bicyclic) bond motifs is 1. The van der Waals surface area contributed by atoms with Gasteiger partial charge in [0.05, 0.1) is 12.7 Å². The molecule has 0 aliphatic rings. The summed E-state index contributed by atoms with van der Waals surface area (Å²) in [5.41, 5.74) is 0.572. The van der Waals surface area contributed by atoms with Crippen LogP contribution in [-0.2, 0) is 0 Å². The zero-order valence-electron chi connectivity index (χ0n) is 12.2. The van der Waals surface area contributed by atoms with Gasteiger partial charge < -0.3 is 4.74 Å². The van der Waals surface area contributed by atoms with E-state index < -0.39 is 11.6 Å². The van der Waals surface area contributed by atoms with Gasteiger partial charge in [-0.2, -0.15) is 4.39 Å². The average Bonchev–Trinajstić information content (AvgIpc) is 2.56. The molecular formula is C19H11F3O. The molecule has 0 atom stereocenters. The van der Waals surface area contributed by atoms with Gasteiger partial charge in [0.15, 0.2) is 11.6 Å². The molecule has 3 aromatic rings. The Morgan fingerprint density at radius 3 is 2.30 bits per heavy atom. The van der Waals surface area contributed by atoms with Crippen molar-refractivity contribution in [2.75, 3.05) is 7.11 Å². The maximum atomic E-state index is 13.9.